The van der Waals surface area contributed by atoms with E-state index >= 15 is 0 Å². The molecule has 0 bridgehead atoms. The second-order valence-electron chi connectivity index (χ2n) is 18.3. The average molecular weight is 811 g/mol. The smallest absolute Gasteiger partial charge is 0.0540 e. The molecule has 9 aromatic carbocycles. The predicted octanol–water partition coefficient (Wildman–Crippen LogP) is 16.9. The van der Waals surface area contributed by atoms with Gasteiger partial charge >= 0.3 is 0 Å². The molecule has 0 amide bonds. The Morgan fingerprint density at radius 2 is 0.762 bits per heavy atom. The van der Waals surface area contributed by atoms with Crippen LogP contribution >= 0.6 is 0 Å². The summed E-state index contributed by atoms with van der Waals surface area (Å²) < 4.78 is 0. The third-order valence-electron chi connectivity index (χ3n) is 13.7. The van der Waals surface area contributed by atoms with Crippen LogP contribution in [0, 0.1) is 6.92 Å². The SMILES string of the molecule is Cc1ccc(N(c2ccc3c(c2)C(C)(C)c2cc(C=Cc4ccc5c(c4)C(C)(C)c4cc(N(c6ccccc6)c6ccccc6)ccc4-5)ccc2-3)c2cccc3ccccc23)cc1. The molecular weight excluding hydrogens is 761 g/mol. The zero-order chi connectivity index (χ0) is 42.9. The number of rotatable bonds is 8. The van der Waals surface area contributed by atoms with Crippen LogP contribution in [0.5, 0.6) is 0 Å². The van der Waals surface area contributed by atoms with E-state index in [1.165, 1.54) is 83.3 Å². The molecule has 0 atom stereocenters. The Balaban J connectivity index is 0.898. The first-order valence-corrected chi connectivity index (χ1v) is 22.2. The molecule has 0 N–H and O–H groups in total. The van der Waals surface area contributed by atoms with Gasteiger partial charge in [0, 0.05) is 44.7 Å². The maximum Gasteiger partial charge on any atom is 0.0540 e. The topological polar surface area (TPSA) is 6.48 Å². The molecule has 0 saturated heterocycles. The van der Waals surface area contributed by atoms with Gasteiger partial charge in [0.05, 0.1) is 5.69 Å². The van der Waals surface area contributed by atoms with Crippen LogP contribution in [-0.4, -0.2) is 0 Å². The second-order valence-corrected chi connectivity index (χ2v) is 18.3. The van der Waals surface area contributed by atoms with Gasteiger partial charge in [0.1, 0.15) is 0 Å². The van der Waals surface area contributed by atoms with Gasteiger partial charge < -0.3 is 9.80 Å². The number of benzene rings is 9. The zero-order valence-corrected chi connectivity index (χ0v) is 36.6. The van der Waals surface area contributed by atoms with E-state index < -0.39 is 0 Å². The van der Waals surface area contributed by atoms with Gasteiger partial charge in [-0.2, -0.15) is 0 Å². The van der Waals surface area contributed by atoms with E-state index in [1.54, 1.807) is 0 Å². The molecule has 0 heterocycles. The first-order chi connectivity index (χ1) is 30.6. The van der Waals surface area contributed by atoms with E-state index in [4.69, 9.17) is 0 Å². The molecule has 2 aliphatic rings. The first-order valence-electron chi connectivity index (χ1n) is 22.2. The monoisotopic (exact) mass is 810 g/mol. The highest BCUT2D eigenvalue weighted by Gasteiger charge is 2.38. The highest BCUT2D eigenvalue weighted by Crippen LogP contribution is 2.53. The van der Waals surface area contributed by atoms with E-state index in [0.29, 0.717) is 0 Å². The molecule has 2 nitrogen and oxygen atoms in total. The summed E-state index contributed by atoms with van der Waals surface area (Å²) in [5.74, 6) is 0. The number of nitrogens with zero attached hydrogens (tertiary/aromatic N) is 2. The lowest BCUT2D eigenvalue weighted by molar-refractivity contribution is 0.660. The summed E-state index contributed by atoms with van der Waals surface area (Å²) in [5, 5.41) is 2.47. The average Bonchev–Trinajstić information content (AvgIpc) is 3.68. The van der Waals surface area contributed by atoms with Gasteiger partial charge in [0.2, 0.25) is 0 Å². The fourth-order valence-electron chi connectivity index (χ4n) is 10.3. The van der Waals surface area contributed by atoms with Crippen molar-refractivity contribution < 1.29 is 0 Å². The van der Waals surface area contributed by atoms with Gasteiger partial charge in [-0.3, -0.25) is 0 Å². The van der Waals surface area contributed by atoms with Crippen LogP contribution in [0.3, 0.4) is 0 Å². The molecule has 0 radical (unpaired) electrons. The van der Waals surface area contributed by atoms with Gasteiger partial charge in [-0.25, -0.2) is 0 Å². The van der Waals surface area contributed by atoms with E-state index in [2.05, 4.69) is 257 Å². The van der Waals surface area contributed by atoms with Crippen LogP contribution in [0.15, 0.2) is 200 Å². The Morgan fingerprint density at radius 1 is 0.349 bits per heavy atom. The van der Waals surface area contributed by atoms with Gasteiger partial charge in [0.15, 0.2) is 0 Å². The summed E-state index contributed by atoms with van der Waals surface area (Å²) in [6, 6.07) is 73.7. The van der Waals surface area contributed by atoms with Crippen LogP contribution in [0.2, 0.25) is 0 Å². The van der Waals surface area contributed by atoms with Gasteiger partial charge in [-0.05, 0) is 135 Å². The van der Waals surface area contributed by atoms with Crippen LogP contribution in [0.25, 0.3) is 45.2 Å². The Hall–Kier alpha value is -7.42. The summed E-state index contributed by atoms with van der Waals surface area (Å²) >= 11 is 0. The molecule has 63 heavy (non-hydrogen) atoms. The lowest BCUT2D eigenvalue weighted by atomic mass is 9.81. The summed E-state index contributed by atoms with van der Waals surface area (Å²) in [7, 11) is 0. The van der Waals surface area contributed by atoms with Gasteiger partial charge in [-0.15, -0.1) is 0 Å². The van der Waals surface area contributed by atoms with Crippen LogP contribution < -0.4 is 9.80 Å². The van der Waals surface area contributed by atoms with Crippen LogP contribution in [0.1, 0.15) is 66.6 Å². The first kappa shape index (κ1) is 38.5. The fourth-order valence-corrected chi connectivity index (χ4v) is 10.3. The molecule has 11 rings (SSSR count). The second kappa shape index (κ2) is 14.9. The lowest BCUT2D eigenvalue weighted by Crippen LogP contribution is -2.17. The predicted molar refractivity (Wildman–Crippen MR) is 269 cm³/mol. The standard InChI is InChI=1S/C61H50N2/c1-41-23-29-47(30-24-41)63(59-22-14-16-44-15-12-13-21-50(44)59)49-32-36-54-52-34-28-43(38-56(52)61(4,5)58(54)40-49)26-25-42-27-33-51-53-35-31-48(39-57(53)60(2,3)55(51)37-42)62(45-17-8-6-9-18-45)46-19-10-7-11-20-46/h6-40H,1-5H3. The summed E-state index contributed by atoms with van der Waals surface area (Å²) in [6.45, 7) is 11.7. The fraction of sp³-hybridized carbons (Fsp3) is 0.115. The quantitative estimate of drug-likeness (QED) is 0.141. The Bertz CT molecular complexity index is 3180. The summed E-state index contributed by atoms with van der Waals surface area (Å²) in [5.41, 5.74) is 21.0. The molecule has 304 valence electrons. The van der Waals surface area contributed by atoms with E-state index in [-0.39, 0.29) is 10.8 Å². The molecule has 2 heteroatoms. The van der Waals surface area contributed by atoms with Crippen molar-refractivity contribution in [2.75, 3.05) is 9.80 Å². The summed E-state index contributed by atoms with van der Waals surface area (Å²) in [4.78, 5) is 4.78. The molecule has 0 aliphatic heterocycles. The minimum absolute atomic E-state index is 0.158. The van der Waals surface area contributed by atoms with Crippen molar-refractivity contribution in [2.45, 2.75) is 45.4 Å². The van der Waals surface area contributed by atoms with Crippen molar-refractivity contribution in [3.05, 3.63) is 239 Å². The van der Waals surface area contributed by atoms with Crippen LogP contribution in [0.4, 0.5) is 34.1 Å². The highest BCUT2D eigenvalue weighted by atomic mass is 15.1. The number of hydrogen-bond donors (Lipinski definition) is 0. The molecule has 0 spiro atoms. The lowest BCUT2D eigenvalue weighted by Gasteiger charge is -2.29. The molecular formula is C61H50N2. The van der Waals surface area contributed by atoms with Gasteiger partial charge in [-0.1, -0.05) is 179 Å². The Kier molecular flexibility index (Phi) is 9.10. The number of fused-ring (bicyclic) bond motifs is 7. The van der Waals surface area contributed by atoms with Crippen molar-refractivity contribution in [3.8, 4) is 22.3 Å². The van der Waals surface area contributed by atoms with E-state index in [0.717, 1.165) is 22.7 Å². The van der Waals surface area contributed by atoms with E-state index in [9.17, 15) is 0 Å². The van der Waals surface area contributed by atoms with Crippen molar-refractivity contribution in [1.82, 2.24) is 0 Å². The maximum absolute atomic E-state index is 2.43. The zero-order valence-electron chi connectivity index (χ0n) is 36.6. The molecule has 0 unspecified atom stereocenters. The van der Waals surface area contributed by atoms with E-state index in [1.807, 2.05) is 0 Å². The van der Waals surface area contributed by atoms with Crippen molar-refractivity contribution >= 4 is 57.0 Å². The molecule has 0 fully saturated rings. The van der Waals surface area contributed by atoms with Crippen molar-refractivity contribution in [3.63, 3.8) is 0 Å². The van der Waals surface area contributed by atoms with Crippen molar-refractivity contribution in [2.24, 2.45) is 0 Å². The summed E-state index contributed by atoms with van der Waals surface area (Å²) in [6.07, 6.45) is 4.58. The largest absolute Gasteiger partial charge is 0.310 e. The Labute approximate surface area is 372 Å². The minimum atomic E-state index is -0.180. The molecule has 9 aromatic rings. The third-order valence-corrected chi connectivity index (χ3v) is 13.7. The maximum atomic E-state index is 2.43. The molecule has 0 aromatic heterocycles. The number of aryl methyl sites for hydroxylation is 1. The van der Waals surface area contributed by atoms with Gasteiger partial charge in [0.25, 0.3) is 0 Å². The normalized spacial score (nSPS) is 14.0. The number of anilines is 6. The van der Waals surface area contributed by atoms with Crippen LogP contribution in [-0.2, 0) is 10.8 Å². The number of hydrogen-bond acceptors (Lipinski definition) is 2. The number of para-hydroxylation sites is 2. The highest BCUT2D eigenvalue weighted by molar-refractivity contribution is 5.99. The Morgan fingerprint density at radius 3 is 1.30 bits per heavy atom. The molecule has 0 saturated carbocycles. The molecule has 2 aliphatic carbocycles. The van der Waals surface area contributed by atoms with Crippen molar-refractivity contribution in [1.29, 1.82) is 0 Å². The third kappa shape index (κ3) is 6.48. The minimum Gasteiger partial charge on any atom is -0.310 e.